The van der Waals surface area contributed by atoms with E-state index >= 15 is 0 Å². The summed E-state index contributed by atoms with van der Waals surface area (Å²) in [5.41, 5.74) is 4.17. The molecule has 0 radical (unpaired) electrons. The number of fused-ring (bicyclic) bond motifs is 2. The van der Waals surface area contributed by atoms with Gasteiger partial charge < -0.3 is 5.32 Å². The highest BCUT2D eigenvalue weighted by atomic mass is 19.1. The Morgan fingerprint density at radius 3 is 2.72 bits per heavy atom. The number of nitrogens with zero attached hydrogens (tertiary/aromatic N) is 3. The van der Waals surface area contributed by atoms with Crippen molar-refractivity contribution in [1.82, 2.24) is 25.3 Å². The lowest BCUT2D eigenvalue weighted by Crippen LogP contribution is -2.30. The third-order valence-electron chi connectivity index (χ3n) is 5.15. The second kappa shape index (κ2) is 8.13. The van der Waals surface area contributed by atoms with E-state index in [-0.39, 0.29) is 5.56 Å². The van der Waals surface area contributed by atoms with Crippen molar-refractivity contribution in [1.29, 1.82) is 0 Å². The van der Waals surface area contributed by atoms with Crippen LogP contribution in [-0.4, -0.2) is 39.2 Å². The first-order chi connectivity index (χ1) is 14.0. The second-order valence-electron chi connectivity index (χ2n) is 7.48. The minimum atomic E-state index is -0.575. The van der Waals surface area contributed by atoms with Gasteiger partial charge in [0.15, 0.2) is 0 Å². The summed E-state index contributed by atoms with van der Waals surface area (Å²) >= 11 is 0. The van der Waals surface area contributed by atoms with Crippen molar-refractivity contribution in [2.75, 3.05) is 13.1 Å². The molecule has 0 bridgehead atoms. The van der Waals surface area contributed by atoms with Crippen LogP contribution in [-0.2, 0) is 7.05 Å². The number of rotatable bonds is 1. The predicted octanol–water partition coefficient (Wildman–Crippen LogP) is 3.49. The Kier molecular flexibility index (Phi) is 5.40. The standard InChI is InChI=1S/C17H14N4O.C5H10FN/c1-10-5-12(7-14-9-21(2)20-16(10)14)11-3-4-15-13(6-11)8-18-19-17(15)22;6-5-2-1-3-7-4-5/h3-9H,1-2H3,(H,19,22);5,7H,1-4H2. The van der Waals surface area contributed by atoms with Gasteiger partial charge in [0.1, 0.15) is 6.17 Å². The Balaban J connectivity index is 0.000000249. The zero-order chi connectivity index (χ0) is 20.4. The molecule has 4 aromatic rings. The average Bonchev–Trinajstić information content (AvgIpc) is 3.10. The van der Waals surface area contributed by atoms with Gasteiger partial charge in [0.25, 0.3) is 5.56 Å². The van der Waals surface area contributed by atoms with E-state index in [2.05, 4.69) is 39.7 Å². The summed E-state index contributed by atoms with van der Waals surface area (Å²) < 4.78 is 13.9. The van der Waals surface area contributed by atoms with Crippen LogP contribution in [0.3, 0.4) is 0 Å². The van der Waals surface area contributed by atoms with Gasteiger partial charge in [-0.1, -0.05) is 6.07 Å². The van der Waals surface area contributed by atoms with E-state index in [4.69, 9.17) is 0 Å². The molecule has 0 amide bonds. The van der Waals surface area contributed by atoms with Crippen molar-refractivity contribution in [3.63, 3.8) is 0 Å². The molecule has 1 unspecified atom stereocenters. The van der Waals surface area contributed by atoms with Crippen molar-refractivity contribution in [2.24, 2.45) is 7.05 Å². The third-order valence-corrected chi connectivity index (χ3v) is 5.15. The van der Waals surface area contributed by atoms with Crippen molar-refractivity contribution in [2.45, 2.75) is 25.9 Å². The number of aromatic nitrogens is 4. The van der Waals surface area contributed by atoms with Crippen LogP contribution in [0.2, 0.25) is 0 Å². The smallest absolute Gasteiger partial charge is 0.272 e. The molecule has 2 aromatic heterocycles. The molecule has 29 heavy (non-hydrogen) atoms. The summed E-state index contributed by atoms with van der Waals surface area (Å²) in [6, 6.07) is 10.0. The highest BCUT2D eigenvalue weighted by molar-refractivity contribution is 5.90. The van der Waals surface area contributed by atoms with E-state index < -0.39 is 6.17 Å². The zero-order valence-corrected chi connectivity index (χ0v) is 16.6. The van der Waals surface area contributed by atoms with E-state index in [1.165, 1.54) is 0 Å². The summed E-state index contributed by atoms with van der Waals surface area (Å²) in [6.45, 7) is 3.63. The van der Waals surface area contributed by atoms with E-state index in [0.717, 1.165) is 52.4 Å². The van der Waals surface area contributed by atoms with E-state index in [0.29, 0.717) is 11.9 Å². The lowest BCUT2D eigenvalue weighted by Gasteiger charge is -2.14. The summed E-state index contributed by atoms with van der Waals surface area (Å²) in [6.07, 6.45) is 4.87. The number of hydrogen-bond acceptors (Lipinski definition) is 4. The Morgan fingerprint density at radius 1 is 1.17 bits per heavy atom. The molecule has 1 atom stereocenters. The van der Waals surface area contributed by atoms with Crippen LogP contribution in [0.25, 0.3) is 32.8 Å². The normalized spacial score (nSPS) is 16.6. The van der Waals surface area contributed by atoms with Crippen molar-refractivity contribution >= 4 is 21.7 Å². The van der Waals surface area contributed by atoms with Gasteiger partial charge in [0, 0.05) is 30.6 Å². The number of aryl methyl sites for hydroxylation is 2. The molecule has 1 saturated heterocycles. The molecule has 2 aromatic carbocycles. The Bertz CT molecular complexity index is 1210. The van der Waals surface area contributed by atoms with Crippen molar-refractivity contribution in [3.8, 4) is 11.1 Å². The van der Waals surface area contributed by atoms with Crippen LogP contribution in [0.4, 0.5) is 4.39 Å². The van der Waals surface area contributed by atoms with Gasteiger partial charge in [-0.25, -0.2) is 9.49 Å². The van der Waals surface area contributed by atoms with E-state index in [1.807, 2.05) is 36.1 Å². The number of halogens is 1. The van der Waals surface area contributed by atoms with Gasteiger partial charge in [-0.05, 0) is 67.3 Å². The lowest BCUT2D eigenvalue weighted by atomic mass is 9.99. The molecule has 0 aliphatic carbocycles. The monoisotopic (exact) mass is 393 g/mol. The maximum Gasteiger partial charge on any atom is 0.272 e. The molecule has 150 valence electrons. The minimum Gasteiger partial charge on any atom is -0.314 e. The van der Waals surface area contributed by atoms with E-state index in [1.54, 1.807) is 6.20 Å². The highest BCUT2D eigenvalue weighted by Crippen LogP contribution is 2.28. The Hall–Kier alpha value is -3.06. The first-order valence-corrected chi connectivity index (χ1v) is 9.78. The molecular weight excluding hydrogens is 369 g/mol. The number of hydrogen-bond donors (Lipinski definition) is 2. The maximum atomic E-state index is 12.1. The highest BCUT2D eigenvalue weighted by Gasteiger charge is 2.09. The van der Waals surface area contributed by atoms with Crippen LogP contribution in [0.1, 0.15) is 18.4 Å². The van der Waals surface area contributed by atoms with Crippen LogP contribution in [0.5, 0.6) is 0 Å². The summed E-state index contributed by atoms with van der Waals surface area (Å²) in [5.74, 6) is 0. The van der Waals surface area contributed by atoms with Crippen molar-refractivity contribution < 1.29 is 4.39 Å². The topological polar surface area (TPSA) is 75.6 Å². The number of alkyl halides is 1. The van der Waals surface area contributed by atoms with Gasteiger partial charge in [0.2, 0.25) is 0 Å². The van der Waals surface area contributed by atoms with Gasteiger partial charge in [-0.2, -0.15) is 10.2 Å². The molecule has 6 nitrogen and oxygen atoms in total. The minimum absolute atomic E-state index is 0.164. The number of benzene rings is 2. The van der Waals surface area contributed by atoms with Crippen LogP contribution >= 0.6 is 0 Å². The molecule has 0 saturated carbocycles. The average molecular weight is 393 g/mol. The van der Waals surface area contributed by atoms with Gasteiger partial charge >= 0.3 is 0 Å². The summed E-state index contributed by atoms with van der Waals surface area (Å²) in [7, 11) is 1.92. The maximum absolute atomic E-state index is 12.1. The third kappa shape index (κ3) is 4.19. The number of nitrogens with one attached hydrogen (secondary N) is 2. The SMILES string of the molecule is Cc1cc(-c2ccc3c(=O)[nH]ncc3c2)cc2cn(C)nc12.FC1CCCNC1. The zero-order valence-electron chi connectivity index (χ0n) is 16.6. The molecule has 2 N–H and O–H groups in total. The molecule has 7 heteroatoms. The fraction of sp³-hybridized carbons (Fsp3) is 0.318. The fourth-order valence-corrected chi connectivity index (χ4v) is 3.68. The summed E-state index contributed by atoms with van der Waals surface area (Å²) in [4.78, 5) is 11.7. The molecule has 0 spiro atoms. The molecule has 1 aliphatic heterocycles. The predicted molar refractivity (Wildman–Crippen MR) is 114 cm³/mol. The number of piperidine rings is 1. The van der Waals surface area contributed by atoms with Crippen LogP contribution in [0.15, 0.2) is 47.5 Å². The second-order valence-corrected chi connectivity index (χ2v) is 7.48. The largest absolute Gasteiger partial charge is 0.314 e. The molecule has 3 heterocycles. The fourth-order valence-electron chi connectivity index (χ4n) is 3.68. The quantitative estimate of drug-likeness (QED) is 0.519. The first kappa shape index (κ1) is 19.3. The van der Waals surface area contributed by atoms with Gasteiger partial charge in [-0.3, -0.25) is 9.48 Å². The molecule has 1 aliphatic rings. The van der Waals surface area contributed by atoms with Gasteiger partial charge in [0.05, 0.1) is 17.1 Å². The molecular formula is C22H24FN5O. The first-order valence-electron chi connectivity index (χ1n) is 9.78. The number of H-pyrrole nitrogens is 1. The molecule has 5 rings (SSSR count). The van der Waals surface area contributed by atoms with Crippen LogP contribution in [0, 0.1) is 6.92 Å². The lowest BCUT2D eigenvalue weighted by molar-refractivity contribution is 0.266. The Labute approximate surface area is 167 Å². The summed E-state index contributed by atoms with van der Waals surface area (Å²) in [5, 5.41) is 16.4. The van der Waals surface area contributed by atoms with Crippen molar-refractivity contribution in [3.05, 3.63) is 58.6 Å². The van der Waals surface area contributed by atoms with E-state index in [9.17, 15) is 9.18 Å². The Morgan fingerprint density at radius 2 is 2.00 bits per heavy atom. The van der Waals surface area contributed by atoms with Crippen LogP contribution < -0.4 is 10.9 Å². The molecule has 1 fully saturated rings. The van der Waals surface area contributed by atoms with Gasteiger partial charge in [-0.15, -0.1) is 0 Å². The number of aromatic amines is 1.